The fourth-order valence-corrected chi connectivity index (χ4v) is 1.57. The zero-order valence-corrected chi connectivity index (χ0v) is 9.94. The molecule has 0 saturated heterocycles. The number of aromatic nitrogens is 2. The van der Waals surface area contributed by atoms with Crippen LogP contribution in [0.15, 0.2) is 12.4 Å². The third-order valence-electron chi connectivity index (χ3n) is 2.50. The zero-order valence-electron chi connectivity index (χ0n) is 9.94. The molecule has 1 amide bonds. The molecule has 3 N–H and O–H groups in total. The number of hydrogen-bond acceptors (Lipinski definition) is 3. The minimum Gasteiger partial charge on any atom is -0.356 e. The summed E-state index contributed by atoms with van der Waals surface area (Å²) in [5.74, 6) is -0.135. The van der Waals surface area contributed by atoms with E-state index in [0.29, 0.717) is 19.5 Å². The number of amides is 1. The van der Waals surface area contributed by atoms with Crippen LogP contribution in [-0.2, 0) is 17.8 Å². The van der Waals surface area contributed by atoms with Gasteiger partial charge in [-0.05, 0) is 25.8 Å². The maximum absolute atomic E-state index is 11.6. The summed E-state index contributed by atoms with van der Waals surface area (Å²) in [6.07, 6.45) is 4.41. The van der Waals surface area contributed by atoms with Gasteiger partial charge in [-0.3, -0.25) is 9.48 Å². The van der Waals surface area contributed by atoms with Crippen LogP contribution in [0, 0.1) is 5.92 Å². The first kappa shape index (κ1) is 12.7. The number of nitrogens with one attached hydrogen (secondary N) is 1. The van der Waals surface area contributed by atoms with Crippen LogP contribution in [0.3, 0.4) is 0 Å². The molecule has 0 aromatic carbocycles. The number of nitrogens with two attached hydrogens (primary N) is 1. The summed E-state index contributed by atoms with van der Waals surface area (Å²) in [6.45, 7) is 5.78. The third kappa shape index (κ3) is 3.34. The lowest BCUT2D eigenvalue weighted by atomic mass is 10.0. The van der Waals surface area contributed by atoms with E-state index >= 15 is 0 Å². The van der Waals surface area contributed by atoms with Crippen molar-refractivity contribution in [2.75, 3.05) is 13.1 Å². The van der Waals surface area contributed by atoms with Crippen molar-refractivity contribution in [3.63, 3.8) is 0 Å². The van der Waals surface area contributed by atoms with E-state index < -0.39 is 0 Å². The highest BCUT2D eigenvalue weighted by Crippen LogP contribution is 2.07. The van der Waals surface area contributed by atoms with Crippen LogP contribution in [0.25, 0.3) is 0 Å². The third-order valence-corrected chi connectivity index (χ3v) is 2.50. The Bertz CT molecular complexity index is 334. The Morgan fingerprint density at radius 3 is 2.88 bits per heavy atom. The molecule has 1 aromatic heterocycles. The molecule has 0 aliphatic carbocycles. The van der Waals surface area contributed by atoms with E-state index in [-0.39, 0.29) is 11.8 Å². The van der Waals surface area contributed by atoms with Crippen LogP contribution in [0.4, 0.5) is 0 Å². The fourth-order valence-electron chi connectivity index (χ4n) is 1.57. The lowest BCUT2D eigenvalue weighted by Crippen LogP contribution is -2.36. The van der Waals surface area contributed by atoms with Crippen LogP contribution in [0.1, 0.15) is 19.4 Å². The quantitative estimate of drug-likeness (QED) is 0.722. The second-order valence-corrected chi connectivity index (χ2v) is 3.74. The van der Waals surface area contributed by atoms with Gasteiger partial charge in [0.15, 0.2) is 0 Å². The van der Waals surface area contributed by atoms with Gasteiger partial charge in [-0.2, -0.15) is 5.10 Å². The van der Waals surface area contributed by atoms with Crippen molar-refractivity contribution in [3.05, 3.63) is 18.0 Å². The molecule has 1 atom stereocenters. The largest absolute Gasteiger partial charge is 0.356 e. The van der Waals surface area contributed by atoms with E-state index in [9.17, 15) is 4.79 Å². The molecule has 0 aliphatic heterocycles. The van der Waals surface area contributed by atoms with E-state index in [1.165, 1.54) is 0 Å². The van der Waals surface area contributed by atoms with E-state index in [4.69, 9.17) is 5.73 Å². The molecule has 5 nitrogen and oxygen atoms in total. The van der Waals surface area contributed by atoms with E-state index in [0.717, 1.165) is 12.1 Å². The first-order valence-electron chi connectivity index (χ1n) is 5.70. The summed E-state index contributed by atoms with van der Waals surface area (Å²) in [7, 11) is 0. The van der Waals surface area contributed by atoms with Crippen molar-refractivity contribution in [1.82, 2.24) is 15.1 Å². The average molecular weight is 224 g/mol. The monoisotopic (exact) mass is 224 g/mol. The Balaban J connectivity index is 2.58. The molecule has 0 spiro atoms. The van der Waals surface area contributed by atoms with E-state index in [1.54, 1.807) is 6.20 Å². The Hall–Kier alpha value is -1.36. The summed E-state index contributed by atoms with van der Waals surface area (Å²) in [5, 5.41) is 6.96. The van der Waals surface area contributed by atoms with Crippen molar-refractivity contribution in [2.45, 2.75) is 26.8 Å². The number of carbonyl (C=O) groups is 1. The first-order valence-corrected chi connectivity index (χ1v) is 5.70. The number of nitrogens with zero attached hydrogens (tertiary/aromatic N) is 2. The second kappa shape index (κ2) is 6.27. The van der Waals surface area contributed by atoms with E-state index in [2.05, 4.69) is 10.4 Å². The van der Waals surface area contributed by atoms with Crippen LogP contribution >= 0.6 is 0 Å². The van der Waals surface area contributed by atoms with Gasteiger partial charge in [0.05, 0.1) is 12.1 Å². The van der Waals surface area contributed by atoms with Crippen molar-refractivity contribution < 1.29 is 4.79 Å². The molecule has 16 heavy (non-hydrogen) atoms. The minimum absolute atomic E-state index is 0.0225. The lowest BCUT2D eigenvalue weighted by molar-refractivity contribution is -0.124. The molecule has 0 saturated carbocycles. The normalized spacial score (nSPS) is 12.4. The van der Waals surface area contributed by atoms with Crippen LogP contribution in [0.5, 0.6) is 0 Å². The molecule has 1 heterocycles. The van der Waals surface area contributed by atoms with Gasteiger partial charge in [0.25, 0.3) is 0 Å². The highest BCUT2D eigenvalue weighted by atomic mass is 16.1. The first-order chi connectivity index (χ1) is 7.71. The second-order valence-electron chi connectivity index (χ2n) is 3.74. The number of rotatable bonds is 6. The highest BCUT2D eigenvalue weighted by Gasteiger charge is 2.17. The summed E-state index contributed by atoms with van der Waals surface area (Å²) in [4.78, 5) is 11.6. The Kier molecular flexibility index (Phi) is 4.98. The summed E-state index contributed by atoms with van der Waals surface area (Å²) in [5.41, 5.74) is 6.66. The molecular formula is C11H20N4O. The molecule has 1 rings (SSSR count). The molecule has 0 radical (unpaired) electrons. The van der Waals surface area contributed by atoms with Crippen molar-refractivity contribution >= 4 is 5.91 Å². The van der Waals surface area contributed by atoms with Gasteiger partial charge in [0.1, 0.15) is 0 Å². The maximum Gasteiger partial charge on any atom is 0.224 e. The van der Waals surface area contributed by atoms with Gasteiger partial charge >= 0.3 is 0 Å². The Morgan fingerprint density at radius 1 is 1.62 bits per heavy atom. The molecule has 0 fully saturated rings. The van der Waals surface area contributed by atoms with Crippen molar-refractivity contribution in [2.24, 2.45) is 11.7 Å². The molecule has 1 aromatic rings. The predicted molar refractivity (Wildman–Crippen MR) is 62.8 cm³/mol. The van der Waals surface area contributed by atoms with E-state index in [1.807, 2.05) is 24.7 Å². The summed E-state index contributed by atoms with van der Waals surface area (Å²) >= 11 is 0. The fraction of sp³-hybridized carbons (Fsp3) is 0.636. The molecule has 0 aliphatic rings. The molecule has 90 valence electrons. The number of aryl methyl sites for hydroxylation is 1. The highest BCUT2D eigenvalue weighted by molar-refractivity contribution is 5.79. The molecule has 1 unspecified atom stereocenters. The average Bonchev–Trinajstić information content (AvgIpc) is 2.73. The van der Waals surface area contributed by atoms with Gasteiger partial charge < -0.3 is 11.1 Å². The predicted octanol–water partition coefficient (Wildman–Crippen LogP) is 0.157. The smallest absolute Gasteiger partial charge is 0.224 e. The number of carbonyl (C=O) groups excluding carboxylic acids is 1. The van der Waals surface area contributed by atoms with Gasteiger partial charge in [-0.1, -0.05) is 0 Å². The maximum atomic E-state index is 11.6. The molecule has 0 bridgehead atoms. The van der Waals surface area contributed by atoms with Crippen LogP contribution in [0.2, 0.25) is 0 Å². The van der Waals surface area contributed by atoms with Crippen LogP contribution in [-0.4, -0.2) is 28.8 Å². The van der Waals surface area contributed by atoms with Gasteiger partial charge in [-0.15, -0.1) is 0 Å². The van der Waals surface area contributed by atoms with Crippen molar-refractivity contribution in [3.8, 4) is 0 Å². The topological polar surface area (TPSA) is 72.9 Å². The summed E-state index contributed by atoms with van der Waals surface area (Å²) in [6, 6.07) is 0. The SMILES string of the molecule is CCNC(=O)C(CN)Cc1cnn(CC)c1. The van der Waals surface area contributed by atoms with Crippen LogP contribution < -0.4 is 11.1 Å². The molecule has 5 heteroatoms. The number of hydrogen-bond donors (Lipinski definition) is 2. The van der Waals surface area contributed by atoms with Gasteiger partial charge in [-0.25, -0.2) is 0 Å². The lowest BCUT2D eigenvalue weighted by Gasteiger charge is -2.12. The zero-order chi connectivity index (χ0) is 12.0. The van der Waals surface area contributed by atoms with Gasteiger partial charge in [0.2, 0.25) is 5.91 Å². The standard InChI is InChI=1S/C11H20N4O/c1-3-13-11(16)10(6-12)5-9-7-14-15(4-2)8-9/h7-8,10H,3-6,12H2,1-2H3,(H,13,16). The Morgan fingerprint density at radius 2 is 2.38 bits per heavy atom. The molecular weight excluding hydrogens is 204 g/mol. The minimum atomic E-state index is -0.158. The van der Waals surface area contributed by atoms with Gasteiger partial charge in [0, 0.05) is 25.8 Å². The summed E-state index contributed by atoms with van der Waals surface area (Å²) < 4.78 is 1.85. The van der Waals surface area contributed by atoms with Crippen molar-refractivity contribution in [1.29, 1.82) is 0 Å². The Labute approximate surface area is 96.0 Å².